The molecular weight excluding hydrogens is 348 g/mol. The molecule has 1 aliphatic heterocycles. The number of hydrogen-bond acceptors (Lipinski definition) is 6. The van der Waals surface area contributed by atoms with E-state index in [1.807, 2.05) is 24.5 Å². The summed E-state index contributed by atoms with van der Waals surface area (Å²) in [6.07, 6.45) is 7.08. The molecule has 3 aromatic rings. The van der Waals surface area contributed by atoms with E-state index in [2.05, 4.69) is 43.5 Å². The average Bonchev–Trinajstić information content (AvgIpc) is 2.66. The van der Waals surface area contributed by atoms with Crippen molar-refractivity contribution < 1.29 is 0 Å². The van der Waals surface area contributed by atoms with Crippen LogP contribution in [-0.4, -0.2) is 40.6 Å². The highest BCUT2D eigenvalue weighted by Gasteiger charge is 2.18. The summed E-state index contributed by atoms with van der Waals surface area (Å²) in [6.45, 7) is 5.75. The van der Waals surface area contributed by atoms with Gasteiger partial charge in [-0.1, -0.05) is 11.6 Å². The van der Waals surface area contributed by atoms with Crippen molar-refractivity contribution in [3.8, 4) is 0 Å². The molecule has 1 aromatic carbocycles. The third kappa shape index (κ3) is 3.57. The Morgan fingerprint density at radius 2 is 2.04 bits per heavy atom. The van der Waals surface area contributed by atoms with Crippen molar-refractivity contribution in [1.29, 1.82) is 0 Å². The Bertz CT molecular complexity index is 915. The van der Waals surface area contributed by atoms with Crippen LogP contribution in [0.15, 0.2) is 43.0 Å². The molecule has 0 aliphatic carbocycles. The summed E-state index contributed by atoms with van der Waals surface area (Å²) >= 11 is 6.43. The van der Waals surface area contributed by atoms with Gasteiger partial charge in [-0.2, -0.15) is 0 Å². The SMILES string of the molecule is C[C@@H]1CN(c2ccncc2NCc2cc3nccnc3cc2Cl)CCN1. The molecule has 1 atom stereocenters. The molecule has 0 bridgehead atoms. The van der Waals surface area contributed by atoms with Gasteiger partial charge in [-0.05, 0) is 30.7 Å². The number of nitrogens with one attached hydrogen (secondary N) is 2. The minimum absolute atomic E-state index is 0.471. The summed E-state index contributed by atoms with van der Waals surface area (Å²) in [5.41, 5.74) is 4.82. The van der Waals surface area contributed by atoms with Crippen molar-refractivity contribution in [1.82, 2.24) is 20.3 Å². The van der Waals surface area contributed by atoms with Gasteiger partial charge in [-0.25, -0.2) is 0 Å². The summed E-state index contributed by atoms with van der Waals surface area (Å²) < 4.78 is 0. The first-order valence-electron chi connectivity index (χ1n) is 8.76. The first-order chi connectivity index (χ1) is 12.7. The number of aromatic nitrogens is 3. The summed E-state index contributed by atoms with van der Waals surface area (Å²) in [6, 6.07) is 6.38. The van der Waals surface area contributed by atoms with Crippen LogP contribution in [-0.2, 0) is 6.54 Å². The summed E-state index contributed by atoms with van der Waals surface area (Å²) in [5.74, 6) is 0. The first-order valence-corrected chi connectivity index (χ1v) is 9.14. The summed E-state index contributed by atoms with van der Waals surface area (Å²) in [7, 11) is 0. The van der Waals surface area contributed by atoms with Crippen LogP contribution >= 0.6 is 11.6 Å². The van der Waals surface area contributed by atoms with E-state index in [0.29, 0.717) is 17.6 Å². The quantitative estimate of drug-likeness (QED) is 0.737. The number of fused-ring (bicyclic) bond motifs is 1. The van der Waals surface area contributed by atoms with Crippen LogP contribution in [0.3, 0.4) is 0 Å². The van der Waals surface area contributed by atoms with E-state index in [1.165, 1.54) is 5.69 Å². The van der Waals surface area contributed by atoms with E-state index >= 15 is 0 Å². The first kappa shape index (κ1) is 17.0. The second kappa shape index (κ2) is 7.43. The standard InChI is InChI=1S/C19H21ClN6/c1-13-12-26(7-6-22-13)19-2-3-21-11-18(19)25-10-14-8-16-17(9-15(14)20)24-5-4-23-16/h2-5,8-9,11,13,22,25H,6-7,10,12H2,1H3/t13-/m1/s1. The number of anilines is 2. The molecule has 1 saturated heterocycles. The molecule has 26 heavy (non-hydrogen) atoms. The zero-order chi connectivity index (χ0) is 17.9. The van der Waals surface area contributed by atoms with Crippen molar-refractivity contribution in [2.45, 2.75) is 19.5 Å². The molecule has 134 valence electrons. The van der Waals surface area contributed by atoms with Crippen LogP contribution in [0.1, 0.15) is 12.5 Å². The van der Waals surface area contributed by atoms with E-state index in [9.17, 15) is 0 Å². The monoisotopic (exact) mass is 368 g/mol. The lowest BCUT2D eigenvalue weighted by Gasteiger charge is -2.34. The fraction of sp³-hybridized carbons (Fsp3) is 0.316. The lowest BCUT2D eigenvalue weighted by Crippen LogP contribution is -2.49. The molecule has 0 saturated carbocycles. The van der Waals surface area contributed by atoms with Gasteiger partial charge in [0.15, 0.2) is 0 Å². The van der Waals surface area contributed by atoms with Gasteiger partial charge in [0.05, 0.1) is 28.6 Å². The van der Waals surface area contributed by atoms with E-state index in [4.69, 9.17) is 11.6 Å². The molecule has 2 aromatic heterocycles. The predicted molar refractivity (Wildman–Crippen MR) is 106 cm³/mol. The van der Waals surface area contributed by atoms with Crippen molar-refractivity contribution in [2.75, 3.05) is 29.9 Å². The lowest BCUT2D eigenvalue weighted by molar-refractivity contribution is 0.485. The highest BCUT2D eigenvalue weighted by Crippen LogP contribution is 2.28. The molecule has 0 spiro atoms. The maximum atomic E-state index is 6.43. The van der Waals surface area contributed by atoms with Crippen LogP contribution < -0.4 is 15.5 Å². The van der Waals surface area contributed by atoms with Crippen molar-refractivity contribution in [2.24, 2.45) is 0 Å². The second-order valence-electron chi connectivity index (χ2n) is 6.54. The molecule has 7 heteroatoms. The van der Waals surface area contributed by atoms with Gasteiger partial charge >= 0.3 is 0 Å². The van der Waals surface area contributed by atoms with Gasteiger partial charge in [0.1, 0.15) is 0 Å². The molecular formula is C19H21ClN6. The fourth-order valence-corrected chi connectivity index (χ4v) is 3.53. The molecule has 1 fully saturated rings. The van der Waals surface area contributed by atoms with Crippen LogP contribution in [0, 0.1) is 0 Å². The average molecular weight is 369 g/mol. The molecule has 6 nitrogen and oxygen atoms in total. The van der Waals surface area contributed by atoms with Gasteiger partial charge in [0, 0.05) is 55.8 Å². The smallest absolute Gasteiger partial charge is 0.0901 e. The Morgan fingerprint density at radius 1 is 1.23 bits per heavy atom. The van der Waals surface area contributed by atoms with E-state index in [0.717, 1.165) is 41.9 Å². The molecule has 0 unspecified atom stereocenters. The minimum Gasteiger partial charge on any atom is -0.378 e. The van der Waals surface area contributed by atoms with E-state index < -0.39 is 0 Å². The number of nitrogens with zero attached hydrogens (tertiary/aromatic N) is 4. The molecule has 0 amide bonds. The molecule has 1 aliphatic rings. The minimum atomic E-state index is 0.471. The maximum absolute atomic E-state index is 6.43. The fourth-order valence-electron chi connectivity index (χ4n) is 3.30. The number of rotatable bonds is 4. The largest absolute Gasteiger partial charge is 0.378 e. The summed E-state index contributed by atoms with van der Waals surface area (Å²) in [5, 5.41) is 7.65. The number of benzene rings is 1. The third-order valence-corrected chi connectivity index (χ3v) is 4.97. The van der Waals surface area contributed by atoms with E-state index in [1.54, 1.807) is 12.4 Å². The number of piperazine rings is 1. The zero-order valence-corrected chi connectivity index (χ0v) is 15.4. The van der Waals surface area contributed by atoms with Crippen LogP contribution in [0.5, 0.6) is 0 Å². The highest BCUT2D eigenvalue weighted by atomic mass is 35.5. The molecule has 3 heterocycles. The highest BCUT2D eigenvalue weighted by molar-refractivity contribution is 6.32. The van der Waals surface area contributed by atoms with Crippen LogP contribution in [0.25, 0.3) is 11.0 Å². The Labute approximate surface area is 157 Å². The second-order valence-corrected chi connectivity index (χ2v) is 6.94. The number of pyridine rings is 1. The van der Waals surface area contributed by atoms with Gasteiger partial charge in [-0.3, -0.25) is 15.0 Å². The molecule has 2 N–H and O–H groups in total. The third-order valence-electron chi connectivity index (χ3n) is 4.61. The number of halogens is 1. The zero-order valence-electron chi connectivity index (χ0n) is 14.6. The van der Waals surface area contributed by atoms with Crippen LogP contribution in [0.2, 0.25) is 5.02 Å². The topological polar surface area (TPSA) is 66.0 Å². The van der Waals surface area contributed by atoms with Crippen molar-refractivity contribution in [3.05, 3.63) is 53.6 Å². The molecule has 0 radical (unpaired) electrons. The van der Waals surface area contributed by atoms with Crippen molar-refractivity contribution in [3.63, 3.8) is 0 Å². The van der Waals surface area contributed by atoms with Gasteiger partial charge in [0.2, 0.25) is 0 Å². The molecule has 4 rings (SSSR count). The predicted octanol–water partition coefficient (Wildman–Crippen LogP) is 3.09. The van der Waals surface area contributed by atoms with Gasteiger partial charge in [-0.15, -0.1) is 0 Å². The Kier molecular flexibility index (Phi) is 4.86. The Balaban J connectivity index is 1.56. The Hall–Kier alpha value is -2.44. The van der Waals surface area contributed by atoms with Crippen LogP contribution in [0.4, 0.5) is 11.4 Å². The van der Waals surface area contributed by atoms with Gasteiger partial charge < -0.3 is 15.5 Å². The normalized spacial score (nSPS) is 17.5. The summed E-state index contributed by atoms with van der Waals surface area (Å²) in [4.78, 5) is 15.3. The maximum Gasteiger partial charge on any atom is 0.0901 e. The van der Waals surface area contributed by atoms with E-state index in [-0.39, 0.29) is 0 Å². The lowest BCUT2D eigenvalue weighted by atomic mass is 10.1. The number of hydrogen-bond donors (Lipinski definition) is 2. The van der Waals surface area contributed by atoms with Gasteiger partial charge in [0.25, 0.3) is 0 Å². The Morgan fingerprint density at radius 3 is 2.85 bits per heavy atom. The van der Waals surface area contributed by atoms with Crippen molar-refractivity contribution >= 4 is 34.0 Å².